The number of aliphatic hydroxyl groups is 1. The second kappa shape index (κ2) is 12.1. The molecule has 0 unspecified atom stereocenters. The third kappa shape index (κ3) is 5.92. The molecule has 1 fully saturated rings. The van der Waals surface area contributed by atoms with Crippen LogP contribution in [0.3, 0.4) is 0 Å². The Labute approximate surface area is 253 Å². The van der Waals surface area contributed by atoms with Crippen molar-refractivity contribution >= 4 is 27.5 Å². The number of carboxylic acids is 1. The van der Waals surface area contributed by atoms with Crippen molar-refractivity contribution in [2.45, 2.75) is 96.9 Å². The monoisotopic (exact) mass is 609 g/mol. The van der Waals surface area contributed by atoms with Crippen molar-refractivity contribution in [1.29, 1.82) is 0 Å². The van der Waals surface area contributed by atoms with E-state index in [2.05, 4.69) is 4.98 Å². The average Bonchev–Trinajstić information content (AvgIpc) is 3.59. The van der Waals surface area contributed by atoms with Gasteiger partial charge in [0.25, 0.3) is 5.56 Å². The molecular weight excluding hydrogens is 570 g/mol. The van der Waals surface area contributed by atoms with Crippen LogP contribution in [-0.2, 0) is 16.9 Å². The van der Waals surface area contributed by atoms with Crippen LogP contribution in [0.25, 0.3) is 21.0 Å². The number of fused-ring (bicyclic) bond motifs is 1. The molecule has 0 amide bonds. The topological polar surface area (TPSA) is 137 Å². The second-order valence-electron chi connectivity index (χ2n) is 12.3. The smallest absolute Gasteiger partial charge is 0.333 e. The van der Waals surface area contributed by atoms with E-state index in [4.69, 9.17) is 9.15 Å². The van der Waals surface area contributed by atoms with Gasteiger partial charge >= 0.3 is 11.7 Å². The first-order valence-corrected chi connectivity index (χ1v) is 15.6. The lowest BCUT2D eigenvalue weighted by molar-refractivity contribution is -0.146. The predicted octanol–water partition coefficient (Wildman–Crippen LogP) is 5.52. The minimum absolute atomic E-state index is 0.0670. The molecule has 1 atom stereocenters. The van der Waals surface area contributed by atoms with Crippen LogP contribution in [0.2, 0.25) is 0 Å². The molecule has 10 nitrogen and oxygen atoms in total. The highest BCUT2D eigenvalue weighted by atomic mass is 32.1. The minimum atomic E-state index is -1.80. The summed E-state index contributed by atoms with van der Waals surface area (Å²) in [5, 5.41) is 20.5. The Balaban J connectivity index is 1.74. The number of para-hydroxylation sites is 1. The fraction of sp³-hybridized carbons (Fsp3) is 0.500. The standard InChI is InChI=1S/C32H39N3O7S/c1-18(2)42-24-9-7-6-8-23(24)21(16-20-10-12-22(36)13-11-20)17-34-29-25(19(3)26(43-29)27-33-14-15-41-27)28(37)35(31(34)40)32(4,5)30(38)39/h6-9,14-15,18,20-22,36H,10-13,16-17H2,1-5H3,(H,38,39)/t20?,21-,22?/m0/s1. The summed E-state index contributed by atoms with van der Waals surface area (Å²) in [7, 11) is 0. The van der Waals surface area contributed by atoms with Gasteiger partial charge in [-0.1, -0.05) is 18.2 Å². The summed E-state index contributed by atoms with van der Waals surface area (Å²) < 4.78 is 14.2. The number of aryl methyl sites for hydroxylation is 1. The van der Waals surface area contributed by atoms with Crippen LogP contribution in [0.1, 0.15) is 76.8 Å². The Morgan fingerprint density at radius 3 is 2.51 bits per heavy atom. The quantitative estimate of drug-likeness (QED) is 0.240. The molecule has 0 spiro atoms. The molecular formula is C32H39N3O7S. The van der Waals surface area contributed by atoms with Gasteiger partial charge in [-0.3, -0.25) is 9.36 Å². The van der Waals surface area contributed by atoms with Gasteiger partial charge in [-0.2, -0.15) is 0 Å². The number of hydrogen-bond acceptors (Lipinski definition) is 8. The van der Waals surface area contributed by atoms with Gasteiger partial charge in [0.1, 0.15) is 22.4 Å². The molecule has 1 aliphatic rings. The first-order valence-electron chi connectivity index (χ1n) is 14.8. The minimum Gasteiger partial charge on any atom is -0.491 e. The van der Waals surface area contributed by atoms with Crippen LogP contribution in [0, 0.1) is 12.8 Å². The van der Waals surface area contributed by atoms with Gasteiger partial charge in [-0.25, -0.2) is 19.1 Å². The fourth-order valence-corrected chi connectivity index (χ4v) is 7.36. The van der Waals surface area contributed by atoms with Gasteiger partial charge in [-0.15, -0.1) is 11.3 Å². The maximum Gasteiger partial charge on any atom is 0.333 e. The average molecular weight is 610 g/mol. The lowest BCUT2D eigenvalue weighted by Crippen LogP contribution is -2.52. The van der Waals surface area contributed by atoms with E-state index >= 15 is 0 Å². The van der Waals surface area contributed by atoms with Crippen molar-refractivity contribution in [3.05, 3.63) is 68.7 Å². The van der Waals surface area contributed by atoms with Gasteiger partial charge in [-0.05, 0) is 89.8 Å². The third-order valence-electron chi connectivity index (χ3n) is 8.48. The van der Waals surface area contributed by atoms with E-state index in [0.717, 1.165) is 48.0 Å². The maximum absolute atomic E-state index is 14.3. The summed E-state index contributed by atoms with van der Waals surface area (Å²) in [6.07, 6.45) is 6.53. The predicted molar refractivity (Wildman–Crippen MR) is 165 cm³/mol. The number of oxazole rings is 1. The van der Waals surface area contributed by atoms with Crippen LogP contribution in [0.5, 0.6) is 5.75 Å². The summed E-state index contributed by atoms with van der Waals surface area (Å²) in [6.45, 7) is 8.62. The fourth-order valence-electron chi connectivity index (χ4n) is 6.12. The SMILES string of the molecule is Cc1c(-c2ncco2)sc2c1c(=O)n(C(C)(C)C(=O)O)c(=O)n2C[C@H](CC1CCC(O)CC1)c1ccccc1OC(C)C. The third-order valence-corrected chi connectivity index (χ3v) is 9.78. The molecule has 2 N–H and O–H groups in total. The normalized spacial score (nSPS) is 18.3. The zero-order valence-electron chi connectivity index (χ0n) is 25.2. The molecule has 4 aromatic rings. The first kappa shape index (κ1) is 30.7. The van der Waals surface area contributed by atoms with Crippen LogP contribution in [-0.4, -0.2) is 42.5 Å². The number of nitrogens with zero attached hydrogens (tertiary/aromatic N) is 3. The van der Waals surface area contributed by atoms with Crippen LogP contribution < -0.4 is 16.0 Å². The highest BCUT2D eigenvalue weighted by Crippen LogP contribution is 2.40. The van der Waals surface area contributed by atoms with Crippen LogP contribution in [0.4, 0.5) is 0 Å². The Kier molecular flexibility index (Phi) is 8.67. The van der Waals surface area contributed by atoms with Gasteiger partial charge < -0.3 is 19.4 Å². The Hall–Kier alpha value is -3.70. The number of carboxylic acid groups (broad SMARTS) is 1. The van der Waals surface area contributed by atoms with E-state index in [0.29, 0.717) is 27.1 Å². The molecule has 43 heavy (non-hydrogen) atoms. The number of benzene rings is 1. The number of ether oxygens (including phenoxy) is 1. The van der Waals surface area contributed by atoms with Crippen molar-refractivity contribution in [1.82, 2.24) is 14.1 Å². The number of hydrogen-bond donors (Lipinski definition) is 2. The molecule has 11 heteroatoms. The molecule has 1 aromatic carbocycles. The first-order chi connectivity index (χ1) is 20.4. The summed E-state index contributed by atoms with van der Waals surface area (Å²) in [5.74, 6) is -0.103. The molecule has 230 valence electrons. The molecule has 1 saturated carbocycles. The highest BCUT2D eigenvalue weighted by Gasteiger charge is 2.36. The van der Waals surface area contributed by atoms with Crippen molar-refractivity contribution < 1.29 is 24.2 Å². The zero-order chi connectivity index (χ0) is 31.1. The van der Waals surface area contributed by atoms with Gasteiger partial charge in [0, 0.05) is 12.5 Å². The highest BCUT2D eigenvalue weighted by molar-refractivity contribution is 7.22. The van der Waals surface area contributed by atoms with E-state index in [1.54, 1.807) is 11.5 Å². The number of rotatable bonds is 10. The molecule has 1 aliphatic carbocycles. The number of aliphatic carboxylic acids is 1. The maximum atomic E-state index is 14.3. The summed E-state index contributed by atoms with van der Waals surface area (Å²) >= 11 is 1.24. The van der Waals surface area contributed by atoms with Crippen molar-refractivity contribution in [3.8, 4) is 16.5 Å². The second-order valence-corrected chi connectivity index (χ2v) is 13.3. The van der Waals surface area contributed by atoms with Gasteiger partial charge in [0.2, 0.25) is 5.89 Å². The Bertz CT molecular complexity index is 1720. The van der Waals surface area contributed by atoms with E-state index < -0.39 is 22.8 Å². The van der Waals surface area contributed by atoms with Crippen molar-refractivity contribution in [2.75, 3.05) is 0 Å². The number of aromatic nitrogens is 3. The molecule has 3 heterocycles. The number of thiophene rings is 1. The van der Waals surface area contributed by atoms with Crippen LogP contribution in [0.15, 0.2) is 50.7 Å². The molecule has 0 radical (unpaired) electrons. The molecule has 0 bridgehead atoms. The van der Waals surface area contributed by atoms with E-state index in [9.17, 15) is 24.6 Å². The van der Waals surface area contributed by atoms with Gasteiger partial charge in [0.15, 0.2) is 0 Å². The number of aliphatic hydroxyl groups excluding tert-OH is 1. The van der Waals surface area contributed by atoms with Gasteiger partial charge in [0.05, 0.1) is 28.7 Å². The summed E-state index contributed by atoms with van der Waals surface area (Å²) in [5.41, 5.74) is -1.61. The Morgan fingerprint density at radius 2 is 1.88 bits per heavy atom. The molecule has 0 aliphatic heterocycles. The summed E-state index contributed by atoms with van der Waals surface area (Å²) in [4.78, 5) is 45.9. The van der Waals surface area contributed by atoms with E-state index in [1.807, 2.05) is 38.1 Å². The van der Waals surface area contributed by atoms with E-state index in [1.165, 1.54) is 37.6 Å². The zero-order valence-corrected chi connectivity index (χ0v) is 26.0. The van der Waals surface area contributed by atoms with Crippen molar-refractivity contribution in [2.24, 2.45) is 5.92 Å². The molecule has 3 aromatic heterocycles. The van der Waals surface area contributed by atoms with E-state index in [-0.39, 0.29) is 30.1 Å². The number of carbonyl (C=O) groups is 1. The lowest BCUT2D eigenvalue weighted by atomic mass is 9.79. The lowest BCUT2D eigenvalue weighted by Gasteiger charge is -2.31. The molecule has 0 saturated heterocycles. The van der Waals surface area contributed by atoms with Crippen molar-refractivity contribution in [3.63, 3.8) is 0 Å². The van der Waals surface area contributed by atoms with Crippen LogP contribution >= 0.6 is 11.3 Å². The molecule has 5 rings (SSSR count). The largest absolute Gasteiger partial charge is 0.491 e. The Morgan fingerprint density at radius 1 is 1.19 bits per heavy atom. The summed E-state index contributed by atoms with van der Waals surface area (Å²) in [6, 6.07) is 7.80.